The smallest absolute Gasteiger partial charge is 0.0718 e. The van der Waals surface area contributed by atoms with Gasteiger partial charge in [-0.1, -0.05) is 26.7 Å². The number of nitrogens with zero attached hydrogens (tertiary/aromatic N) is 1. The monoisotopic (exact) mass is 197 g/mol. The molecule has 1 saturated heterocycles. The molecule has 0 aromatic heterocycles. The van der Waals surface area contributed by atoms with Gasteiger partial charge in [-0.2, -0.15) is 0 Å². The van der Waals surface area contributed by atoms with Crippen molar-refractivity contribution in [3.8, 4) is 0 Å². The van der Waals surface area contributed by atoms with E-state index in [0.29, 0.717) is 0 Å². The SMILES string of the molecule is CC1(C)CCN(C2CCCC2)CC1O. The Morgan fingerprint density at radius 1 is 1.21 bits per heavy atom. The van der Waals surface area contributed by atoms with Crippen LogP contribution in [0.1, 0.15) is 46.0 Å². The number of aliphatic hydroxyl groups is 1. The van der Waals surface area contributed by atoms with Crippen LogP contribution in [0.25, 0.3) is 0 Å². The van der Waals surface area contributed by atoms with Crippen molar-refractivity contribution in [1.29, 1.82) is 0 Å². The van der Waals surface area contributed by atoms with Crippen LogP contribution in [0.2, 0.25) is 0 Å². The number of likely N-dealkylation sites (tertiary alicyclic amines) is 1. The van der Waals surface area contributed by atoms with Gasteiger partial charge in [0, 0.05) is 12.6 Å². The first-order valence-electron chi connectivity index (χ1n) is 6.02. The number of piperidine rings is 1. The lowest BCUT2D eigenvalue weighted by molar-refractivity contribution is -0.0381. The van der Waals surface area contributed by atoms with Gasteiger partial charge in [0.25, 0.3) is 0 Å². The van der Waals surface area contributed by atoms with E-state index in [9.17, 15) is 5.11 Å². The normalized spacial score (nSPS) is 34.9. The molecular formula is C12H23NO. The van der Waals surface area contributed by atoms with E-state index in [1.807, 2.05) is 0 Å². The maximum absolute atomic E-state index is 10.0. The Hall–Kier alpha value is -0.0800. The maximum atomic E-state index is 10.0. The highest BCUT2D eigenvalue weighted by Gasteiger charge is 2.36. The standard InChI is InChI=1S/C12H23NO/c1-12(2)7-8-13(9-11(12)14)10-5-3-4-6-10/h10-11,14H,3-9H2,1-2H3. The predicted octanol–water partition coefficient (Wildman–Crippen LogP) is 2.02. The molecule has 14 heavy (non-hydrogen) atoms. The van der Waals surface area contributed by atoms with Crippen molar-refractivity contribution in [2.45, 2.75) is 58.1 Å². The molecule has 1 atom stereocenters. The Labute approximate surface area is 87.3 Å². The first-order chi connectivity index (χ1) is 6.59. The Balaban J connectivity index is 1.92. The Kier molecular flexibility index (Phi) is 2.85. The molecule has 2 rings (SSSR count). The average Bonchev–Trinajstić information content (AvgIpc) is 2.62. The van der Waals surface area contributed by atoms with Crippen LogP contribution in [0.3, 0.4) is 0 Å². The molecule has 0 aromatic carbocycles. The van der Waals surface area contributed by atoms with E-state index < -0.39 is 0 Å². The first kappa shape index (κ1) is 10.4. The molecule has 2 fully saturated rings. The largest absolute Gasteiger partial charge is 0.391 e. The highest BCUT2D eigenvalue weighted by atomic mass is 16.3. The number of hydrogen-bond acceptors (Lipinski definition) is 2. The van der Waals surface area contributed by atoms with E-state index in [1.165, 1.54) is 32.2 Å². The van der Waals surface area contributed by atoms with Crippen LogP contribution in [-0.2, 0) is 0 Å². The summed E-state index contributed by atoms with van der Waals surface area (Å²) in [6.07, 6.45) is 6.50. The Bertz CT molecular complexity index is 196. The van der Waals surface area contributed by atoms with Crippen molar-refractivity contribution in [3.05, 3.63) is 0 Å². The summed E-state index contributed by atoms with van der Waals surface area (Å²) >= 11 is 0. The lowest BCUT2D eigenvalue weighted by atomic mass is 9.79. The van der Waals surface area contributed by atoms with Crippen molar-refractivity contribution < 1.29 is 5.11 Å². The summed E-state index contributed by atoms with van der Waals surface area (Å²) in [5, 5.41) is 10.0. The van der Waals surface area contributed by atoms with Crippen molar-refractivity contribution in [3.63, 3.8) is 0 Å². The molecule has 82 valence electrons. The molecule has 0 radical (unpaired) electrons. The van der Waals surface area contributed by atoms with E-state index in [-0.39, 0.29) is 11.5 Å². The Morgan fingerprint density at radius 2 is 1.86 bits per heavy atom. The third kappa shape index (κ3) is 1.96. The minimum atomic E-state index is -0.128. The summed E-state index contributed by atoms with van der Waals surface area (Å²) in [6, 6.07) is 0.778. The van der Waals surface area contributed by atoms with Gasteiger partial charge >= 0.3 is 0 Å². The minimum Gasteiger partial charge on any atom is -0.391 e. The first-order valence-corrected chi connectivity index (χ1v) is 6.02. The van der Waals surface area contributed by atoms with Crippen molar-refractivity contribution in [1.82, 2.24) is 4.90 Å². The molecule has 1 aliphatic carbocycles. The topological polar surface area (TPSA) is 23.5 Å². The second-order valence-corrected chi connectivity index (χ2v) is 5.69. The van der Waals surface area contributed by atoms with E-state index in [0.717, 1.165) is 19.0 Å². The Morgan fingerprint density at radius 3 is 2.43 bits per heavy atom. The predicted molar refractivity (Wildman–Crippen MR) is 58.2 cm³/mol. The van der Waals surface area contributed by atoms with Crippen molar-refractivity contribution in [2.75, 3.05) is 13.1 Å². The van der Waals surface area contributed by atoms with E-state index in [2.05, 4.69) is 18.7 Å². The van der Waals surface area contributed by atoms with Crippen molar-refractivity contribution in [2.24, 2.45) is 5.41 Å². The van der Waals surface area contributed by atoms with Crippen LogP contribution in [0.4, 0.5) is 0 Å². The molecule has 1 N–H and O–H groups in total. The summed E-state index contributed by atoms with van der Waals surface area (Å²) in [5.74, 6) is 0. The molecule has 2 aliphatic rings. The second-order valence-electron chi connectivity index (χ2n) is 5.69. The van der Waals surface area contributed by atoms with Crippen LogP contribution >= 0.6 is 0 Å². The van der Waals surface area contributed by atoms with E-state index in [4.69, 9.17) is 0 Å². The molecular weight excluding hydrogens is 174 g/mol. The van der Waals surface area contributed by atoms with Gasteiger partial charge in [0.05, 0.1) is 6.10 Å². The van der Waals surface area contributed by atoms with Gasteiger partial charge in [-0.15, -0.1) is 0 Å². The average molecular weight is 197 g/mol. The number of β-amino-alcohol motifs (C(OH)–C–C–N with tert-alkyl or cyclic N) is 1. The quantitative estimate of drug-likeness (QED) is 0.695. The summed E-state index contributed by atoms with van der Waals surface area (Å²) in [7, 11) is 0. The molecule has 0 spiro atoms. The third-order valence-electron chi connectivity index (χ3n) is 4.19. The molecule has 1 heterocycles. The minimum absolute atomic E-state index is 0.128. The molecule has 1 saturated carbocycles. The zero-order valence-corrected chi connectivity index (χ0v) is 9.50. The molecule has 1 unspecified atom stereocenters. The lowest BCUT2D eigenvalue weighted by Gasteiger charge is -2.43. The van der Waals surface area contributed by atoms with E-state index in [1.54, 1.807) is 0 Å². The van der Waals surface area contributed by atoms with Crippen molar-refractivity contribution >= 4 is 0 Å². The summed E-state index contributed by atoms with van der Waals surface area (Å²) in [5.41, 5.74) is 0.134. The van der Waals surface area contributed by atoms with Crippen LogP contribution in [-0.4, -0.2) is 35.2 Å². The van der Waals surface area contributed by atoms with Gasteiger partial charge in [0.15, 0.2) is 0 Å². The zero-order valence-electron chi connectivity index (χ0n) is 9.50. The van der Waals surface area contributed by atoms with E-state index >= 15 is 0 Å². The van der Waals surface area contributed by atoms with Gasteiger partial charge in [0.1, 0.15) is 0 Å². The van der Waals surface area contributed by atoms with Crippen LogP contribution in [0.15, 0.2) is 0 Å². The van der Waals surface area contributed by atoms with Gasteiger partial charge in [-0.25, -0.2) is 0 Å². The molecule has 1 aliphatic heterocycles. The van der Waals surface area contributed by atoms with Crippen LogP contribution < -0.4 is 0 Å². The summed E-state index contributed by atoms with van der Waals surface area (Å²) in [4.78, 5) is 2.52. The lowest BCUT2D eigenvalue weighted by Crippen LogP contribution is -2.51. The fourth-order valence-electron chi connectivity index (χ4n) is 2.76. The molecule has 0 amide bonds. The fourth-order valence-corrected chi connectivity index (χ4v) is 2.76. The number of aliphatic hydroxyl groups excluding tert-OH is 1. The number of rotatable bonds is 1. The van der Waals surface area contributed by atoms with Gasteiger partial charge in [-0.05, 0) is 31.2 Å². The van der Waals surface area contributed by atoms with Gasteiger partial charge < -0.3 is 5.11 Å². The summed E-state index contributed by atoms with van der Waals surface area (Å²) < 4.78 is 0. The molecule has 2 heteroatoms. The molecule has 0 bridgehead atoms. The van der Waals surface area contributed by atoms with Gasteiger partial charge in [-0.3, -0.25) is 4.90 Å². The zero-order chi connectivity index (χ0) is 10.2. The third-order valence-corrected chi connectivity index (χ3v) is 4.19. The second kappa shape index (κ2) is 3.82. The highest BCUT2D eigenvalue weighted by molar-refractivity contribution is 4.90. The van der Waals surface area contributed by atoms with Gasteiger partial charge in [0.2, 0.25) is 0 Å². The molecule has 0 aromatic rings. The van der Waals surface area contributed by atoms with Crippen LogP contribution in [0.5, 0.6) is 0 Å². The summed E-state index contributed by atoms with van der Waals surface area (Å²) in [6.45, 7) is 6.46. The highest BCUT2D eigenvalue weighted by Crippen LogP contribution is 2.34. The van der Waals surface area contributed by atoms with Crippen LogP contribution in [0, 0.1) is 5.41 Å². The number of hydrogen-bond donors (Lipinski definition) is 1. The fraction of sp³-hybridized carbons (Fsp3) is 1.00. The maximum Gasteiger partial charge on any atom is 0.0718 e. The molecule has 2 nitrogen and oxygen atoms in total.